The summed E-state index contributed by atoms with van der Waals surface area (Å²) in [4.78, 5) is 25.1. The molecule has 0 saturated heterocycles. The highest BCUT2D eigenvalue weighted by Crippen LogP contribution is 2.27. The summed E-state index contributed by atoms with van der Waals surface area (Å²) in [7, 11) is 0. The van der Waals surface area contributed by atoms with Crippen LogP contribution in [0.4, 0.5) is 0 Å². The predicted octanol–water partition coefficient (Wildman–Crippen LogP) is 3.34. The van der Waals surface area contributed by atoms with Gasteiger partial charge in [0.2, 0.25) is 0 Å². The zero-order valence-corrected chi connectivity index (χ0v) is 14.1. The quantitative estimate of drug-likeness (QED) is 0.572. The Morgan fingerprint density at radius 1 is 0.909 bits per heavy atom. The zero-order valence-electron chi connectivity index (χ0n) is 14.1. The van der Waals surface area contributed by atoms with Crippen molar-refractivity contribution in [3.63, 3.8) is 0 Å². The highest BCUT2D eigenvalue weighted by atomic mass is 16.6. The first-order valence-corrected chi connectivity index (χ1v) is 7.68. The minimum Gasteiger partial charge on any atom is -0.464 e. The molecular weight excluding hydrogens is 280 g/mol. The van der Waals surface area contributed by atoms with E-state index in [-0.39, 0.29) is 25.0 Å². The van der Waals surface area contributed by atoms with Gasteiger partial charge in [-0.15, -0.1) is 0 Å². The van der Waals surface area contributed by atoms with Crippen molar-refractivity contribution >= 4 is 11.9 Å². The summed E-state index contributed by atoms with van der Waals surface area (Å²) in [6.45, 7) is 9.91. The summed E-state index contributed by atoms with van der Waals surface area (Å²) in [5.41, 5.74) is -0.858. The SMILES string of the molecule is CC(C)COC(=O)C(C)(C(=O)OCC(C)C)c1ccccc1. The first kappa shape index (κ1) is 18.2. The number of esters is 2. The normalized spacial score (nSPS) is 11.6. The summed E-state index contributed by atoms with van der Waals surface area (Å²) in [6, 6.07) is 8.90. The Kier molecular flexibility index (Phi) is 6.60. The number of carbonyl (C=O) groups is 2. The van der Waals surface area contributed by atoms with Crippen LogP contribution in [0.2, 0.25) is 0 Å². The van der Waals surface area contributed by atoms with Crippen LogP contribution in [0.3, 0.4) is 0 Å². The van der Waals surface area contributed by atoms with E-state index >= 15 is 0 Å². The maximum absolute atomic E-state index is 12.5. The van der Waals surface area contributed by atoms with Gasteiger partial charge in [0, 0.05) is 0 Å². The molecule has 1 rings (SSSR count). The van der Waals surface area contributed by atoms with Crippen LogP contribution < -0.4 is 0 Å². The number of carbonyl (C=O) groups excluding carboxylic acids is 2. The van der Waals surface area contributed by atoms with E-state index in [2.05, 4.69) is 0 Å². The van der Waals surface area contributed by atoms with Gasteiger partial charge in [0.15, 0.2) is 5.41 Å². The van der Waals surface area contributed by atoms with Gasteiger partial charge in [0.05, 0.1) is 13.2 Å². The molecule has 1 aromatic carbocycles. The molecule has 0 heterocycles. The number of hydrogen-bond donors (Lipinski definition) is 0. The highest BCUT2D eigenvalue weighted by Gasteiger charge is 2.46. The number of benzene rings is 1. The molecule has 22 heavy (non-hydrogen) atoms. The molecule has 0 aliphatic rings. The van der Waals surface area contributed by atoms with Crippen LogP contribution >= 0.6 is 0 Å². The van der Waals surface area contributed by atoms with E-state index in [1.807, 2.05) is 33.8 Å². The van der Waals surface area contributed by atoms with Crippen LogP contribution in [0, 0.1) is 11.8 Å². The third kappa shape index (κ3) is 4.58. The molecule has 0 amide bonds. The van der Waals surface area contributed by atoms with Crippen molar-refractivity contribution < 1.29 is 19.1 Å². The smallest absolute Gasteiger partial charge is 0.327 e. The molecule has 0 N–H and O–H groups in total. The summed E-state index contributed by atoms with van der Waals surface area (Å²) in [5, 5.41) is 0. The lowest BCUT2D eigenvalue weighted by atomic mass is 9.82. The standard InChI is InChI=1S/C18H26O4/c1-13(2)11-21-16(19)18(5,15-9-7-6-8-10-15)17(20)22-12-14(3)4/h6-10,13-14H,11-12H2,1-5H3. The van der Waals surface area contributed by atoms with E-state index in [0.29, 0.717) is 5.56 Å². The van der Waals surface area contributed by atoms with Crippen molar-refractivity contribution in [1.29, 1.82) is 0 Å². The summed E-state index contributed by atoms with van der Waals surface area (Å²) >= 11 is 0. The fourth-order valence-electron chi connectivity index (χ4n) is 1.86. The molecule has 0 unspecified atom stereocenters. The fraction of sp³-hybridized carbons (Fsp3) is 0.556. The average Bonchev–Trinajstić information content (AvgIpc) is 2.50. The molecule has 0 fully saturated rings. The monoisotopic (exact) mass is 306 g/mol. The molecule has 0 radical (unpaired) electrons. The van der Waals surface area contributed by atoms with E-state index in [4.69, 9.17) is 9.47 Å². The molecule has 122 valence electrons. The molecule has 0 aromatic heterocycles. The van der Waals surface area contributed by atoms with Crippen LogP contribution in [-0.4, -0.2) is 25.2 Å². The van der Waals surface area contributed by atoms with E-state index in [9.17, 15) is 9.59 Å². The summed E-state index contributed by atoms with van der Waals surface area (Å²) in [6.07, 6.45) is 0. The zero-order chi connectivity index (χ0) is 16.8. The Morgan fingerprint density at radius 3 is 1.68 bits per heavy atom. The van der Waals surface area contributed by atoms with Crippen LogP contribution in [0.25, 0.3) is 0 Å². The van der Waals surface area contributed by atoms with Crippen molar-refractivity contribution in [2.24, 2.45) is 11.8 Å². The first-order valence-electron chi connectivity index (χ1n) is 7.68. The van der Waals surface area contributed by atoms with Gasteiger partial charge in [-0.25, -0.2) is 0 Å². The average molecular weight is 306 g/mol. The fourth-order valence-corrected chi connectivity index (χ4v) is 1.86. The Hall–Kier alpha value is -1.84. The molecule has 0 atom stereocenters. The topological polar surface area (TPSA) is 52.6 Å². The molecule has 0 spiro atoms. The van der Waals surface area contributed by atoms with E-state index in [1.54, 1.807) is 31.2 Å². The maximum Gasteiger partial charge on any atom is 0.327 e. The molecular formula is C18H26O4. The lowest BCUT2D eigenvalue weighted by Gasteiger charge is -2.26. The van der Waals surface area contributed by atoms with E-state index in [0.717, 1.165) is 0 Å². The van der Waals surface area contributed by atoms with Gasteiger partial charge < -0.3 is 9.47 Å². The lowest BCUT2D eigenvalue weighted by molar-refractivity contribution is -0.165. The largest absolute Gasteiger partial charge is 0.464 e. The molecule has 1 aromatic rings. The molecule has 0 saturated carbocycles. The van der Waals surface area contributed by atoms with Gasteiger partial charge >= 0.3 is 11.9 Å². The number of rotatable bonds is 7. The Morgan fingerprint density at radius 2 is 1.32 bits per heavy atom. The second kappa shape index (κ2) is 7.97. The van der Waals surface area contributed by atoms with Crippen molar-refractivity contribution in [3.05, 3.63) is 35.9 Å². The second-order valence-electron chi connectivity index (χ2n) is 6.48. The minimum atomic E-state index is -1.44. The molecule has 4 heteroatoms. The Labute approximate surface area is 132 Å². The molecule has 0 aliphatic heterocycles. The van der Waals surface area contributed by atoms with Crippen LogP contribution in [0.15, 0.2) is 30.3 Å². The second-order valence-corrected chi connectivity index (χ2v) is 6.48. The van der Waals surface area contributed by atoms with Gasteiger partial charge in [-0.1, -0.05) is 58.0 Å². The van der Waals surface area contributed by atoms with Gasteiger partial charge in [0.1, 0.15) is 0 Å². The molecule has 0 aliphatic carbocycles. The van der Waals surface area contributed by atoms with Crippen molar-refractivity contribution in [2.75, 3.05) is 13.2 Å². The van der Waals surface area contributed by atoms with Crippen molar-refractivity contribution in [1.82, 2.24) is 0 Å². The lowest BCUT2D eigenvalue weighted by Crippen LogP contribution is -2.44. The minimum absolute atomic E-state index is 0.204. The van der Waals surface area contributed by atoms with Crippen molar-refractivity contribution in [2.45, 2.75) is 40.0 Å². The van der Waals surface area contributed by atoms with Crippen LogP contribution in [0.1, 0.15) is 40.2 Å². The number of ether oxygens (including phenoxy) is 2. The van der Waals surface area contributed by atoms with Gasteiger partial charge in [-0.2, -0.15) is 0 Å². The van der Waals surface area contributed by atoms with E-state index < -0.39 is 17.4 Å². The predicted molar refractivity (Wildman–Crippen MR) is 85.4 cm³/mol. The first-order chi connectivity index (χ1) is 10.3. The van der Waals surface area contributed by atoms with Crippen LogP contribution in [0.5, 0.6) is 0 Å². The Bertz CT molecular complexity index is 467. The molecule has 4 nitrogen and oxygen atoms in total. The van der Waals surface area contributed by atoms with Crippen LogP contribution in [-0.2, 0) is 24.5 Å². The van der Waals surface area contributed by atoms with Crippen molar-refractivity contribution in [3.8, 4) is 0 Å². The van der Waals surface area contributed by atoms with Gasteiger partial charge in [-0.05, 0) is 24.3 Å². The molecule has 0 bridgehead atoms. The third-order valence-electron chi connectivity index (χ3n) is 3.26. The van der Waals surface area contributed by atoms with E-state index in [1.165, 1.54) is 0 Å². The third-order valence-corrected chi connectivity index (χ3v) is 3.26. The van der Waals surface area contributed by atoms with Gasteiger partial charge in [-0.3, -0.25) is 9.59 Å². The number of hydrogen-bond acceptors (Lipinski definition) is 4. The summed E-state index contributed by atoms with van der Waals surface area (Å²) < 4.78 is 10.6. The Balaban J connectivity index is 3.04. The summed E-state index contributed by atoms with van der Waals surface area (Å²) in [5.74, 6) is -0.728. The van der Waals surface area contributed by atoms with Gasteiger partial charge in [0.25, 0.3) is 0 Å². The maximum atomic E-state index is 12.5. The highest BCUT2D eigenvalue weighted by molar-refractivity contribution is 6.05.